The van der Waals surface area contributed by atoms with Crippen molar-refractivity contribution < 1.29 is 29.4 Å². The molecule has 8 nitrogen and oxygen atoms in total. The Kier molecular flexibility index (Phi) is 13.3. The van der Waals surface area contributed by atoms with Crippen molar-refractivity contribution in [2.24, 2.45) is 0 Å². The van der Waals surface area contributed by atoms with Gasteiger partial charge in [0.05, 0.1) is 0 Å². The minimum atomic E-state index is -1.33. The summed E-state index contributed by atoms with van der Waals surface area (Å²) in [4.78, 5) is 49.2. The van der Waals surface area contributed by atoms with Crippen molar-refractivity contribution in [1.29, 1.82) is 0 Å². The lowest BCUT2D eigenvalue weighted by molar-refractivity contribution is -0.152. The van der Waals surface area contributed by atoms with Gasteiger partial charge >= 0.3 is 11.9 Å². The van der Waals surface area contributed by atoms with E-state index in [1.807, 2.05) is 0 Å². The molecule has 204 valence electrons. The number of nitrogens with zero attached hydrogens (tertiary/aromatic N) is 1. The number of aliphatic carboxylic acids is 2. The average Bonchev–Trinajstić information content (AvgIpc) is 2.90. The maximum atomic E-state index is 12.9. The Morgan fingerprint density at radius 3 is 2.11 bits per heavy atom. The van der Waals surface area contributed by atoms with Crippen LogP contribution in [-0.2, 0) is 25.6 Å². The molecule has 2 aromatic carbocycles. The van der Waals surface area contributed by atoms with Crippen LogP contribution in [0.3, 0.4) is 0 Å². The molecule has 0 saturated carbocycles. The summed E-state index contributed by atoms with van der Waals surface area (Å²) in [6.45, 7) is 1.45. The van der Waals surface area contributed by atoms with Gasteiger partial charge in [-0.05, 0) is 35.8 Å². The maximum absolute atomic E-state index is 12.9. The van der Waals surface area contributed by atoms with Gasteiger partial charge in [0.15, 0.2) is 0 Å². The molecule has 0 heterocycles. The first kappa shape index (κ1) is 30.3. The van der Waals surface area contributed by atoms with Crippen molar-refractivity contribution in [3.63, 3.8) is 0 Å². The number of carboxylic acids is 2. The number of hydrogen-bond donors (Lipinski definition) is 3. The summed E-state index contributed by atoms with van der Waals surface area (Å²) in [7, 11) is 0. The van der Waals surface area contributed by atoms with E-state index in [2.05, 4.69) is 12.2 Å². The molecular formula is C30H38N2O6. The average molecular weight is 523 g/mol. The summed E-state index contributed by atoms with van der Waals surface area (Å²) in [5.41, 5.74) is 1.97. The molecule has 0 saturated heterocycles. The summed E-state index contributed by atoms with van der Waals surface area (Å²) in [6, 6.07) is 14.3. The highest BCUT2D eigenvalue weighted by atomic mass is 16.4. The molecular weight excluding hydrogens is 484 g/mol. The summed E-state index contributed by atoms with van der Waals surface area (Å²) < 4.78 is 0. The Morgan fingerprint density at radius 1 is 0.868 bits per heavy atom. The van der Waals surface area contributed by atoms with Crippen molar-refractivity contribution in [1.82, 2.24) is 4.90 Å². The third-order valence-electron chi connectivity index (χ3n) is 6.14. The Bertz CT molecular complexity index is 1070. The van der Waals surface area contributed by atoms with Crippen molar-refractivity contribution in [3.05, 3.63) is 71.8 Å². The highest BCUT2D eigenvalue weighted by molar-refractivity contribution is 5.96. The van der Waals surface area contributed by atoms with Crippen LogP contribution in [-0.4, -0.2) is 51.5 Å². The topological polar surface area (TPSA) is 124 Å². The third-order valence-corrected chi connectivity index (χ3v) is 6.14. The second kappa shape index (κ2) is 16.7. The zero-order valence-electron chi connectivity index (χ0n) is 22.0. The lowest BCUT2D eigenvalue weighted by Crippen LogP contribution is -2.48. The van der Waals surface area contributed by atoms with Gasteiger partial charge in [-0.25, -0.2) is 4.79 Å². The molecule has 0 aliphatic heterocycles. The van der Waals surface area contributed by atoms with Gasteiger partial charge in [0.2, 0.25) is 11.8 Å². The smallest absolute Gasteiger partial charge is 0.326 e. The van der Waals surface area contributed by atoms with E-state index in [-0.39, 0.29) is 12.3 Å². The SMILES string of the molecule is CCCCCCCCCC(=O)Nc1ccc(/C=C/C(=O)N(CC(=O)O)C(Cc2ccccc2)C(=O)O)cc1. The first-order valence-corrected chi connectivity index (χ1v) is 13.2. The van der Waals surface area contributed by atoms with Gasteiger partial charge < -0.3 is 20.4 Å². The predicted octanol–water partition coefficient (Wildman–Crippen LogP) is 5.39. The van der Waals surface area contributed by atoms with Crippen LogP contribution in [0, 0.1) is 0 Å². The van der Waals surface area contributed by atoms with Gasteiger partial charge in [-0.2, -0.15) is 0 Å². The fraction of sp³-hybridized carbons (Fsp3) is 0.400. The highest BCUT2D eigenvalue weighted by Gasteiger charge is 2.30. The number of amides is 2. The van der Waals surface area contributed by atoms with Crippen LogP contribution in [0.2, 0.25) is 0 Å². The van der Waals surface area contributed by atoms with Crippen LogP contribution < -0.4 is 5.32 Å². The second-order valence-electron chi connectivity index (χ2n) is 9.28. The van der Waals surface area contributed by atoms with Gasteiger partial charge in [-0.1, -0.05) is 87.9 Å². The highest BCUT2D eigenvalue weighted by Crippen LogP contribution is 2.15. The van der Waals surface area contributed by atoms with Crippen LogP contribution >= 0.6 is 0 Å². The number of rotatable bonds is 17. The Balaban J connectivity index is 1.94. The largest absolute Gasteiger partial charge is 0.480 e. The van der Waals surface area contributed by atoms with Gasteiger partial charge in [0, 0.05) is 24.6 Å². The number of hydrogen-bond acceptors (Lipinski definition) is 4. The molecule has 2 amide bonds. The maximum Gasteiger partial charge on any atom is 0.326 e. The zero-order valence-corrected chi connectivity index (χ0v) is 22.0. The second-order valence-corrected chi connectivity index (χ2v) is 9.28. The predicted molar refractivity (Wildman–Crippen MR) is 148 cm³/mol. The normalized spacial score (nSPS) is 11.7. The molecule has 3 N–H and O–H groups in total. The molecule has 1 unspecified atom stereocenters. The summed E-state index contributed by atoms with van der Waals surface area (Å²) >= 11 is 0. The lowest BCUT2D eigenvalue weighted by Gasteiger charge is -2.26. The Labute approximate surface area is 224 Å². The summed E-state index contributed by atoms with van der Waals surface area (Å²) in [5.74, 6) is -3.35. The van der Waals surface area contributed by atoms with Crippen LogP contribution in [0.5, 0.6) is 0 Å². The van der Waals surface area contributed by atoms with E-state index in [0.717, 1.165) is 30.2 Å². The number of nitrogens with one attached hydrogen (secondary N) is 1. The number of benzene rings is 2. The number of unbranched alkanes of at least 4 members (excludes halogenated alkanes) is 6. The Morgan fingerprint density at radius 2 is 1.50 bits per heavy atom. The van der Waals surface area contributed by atoms with E-state index in [9.17, 15) is 29.4 Å². The van der Waals surface area contributed by atoms with E-state index < -0.39 is 30.4 Å². The fourth-order valence-corrected chi connectivity index (χ4v) is 4.06. The molecule has 0 aliphatic carbocycles. The van der Waals surface area contributed by atoms with Crippen molar-refractivity contribution >= 4 is 35.5 Å². The Hall–Kier alpha value is -3.94. The van der Waals surface area contributed by atoms with E-state index in [1.165, 1.54) is 31.8 Å². The lowest BCUT2D eigenvalue weighted by atomic mass is 10.0. The molecule has 0 radical (unpaired) electrons. The third kappa shape index (κ3) is 11.4. The summed E-state index contributed by atoms with van der Waals surface area (Å²) in [6.07, 6.45) is 11.1. The molecule has 0 aromatic heterocycles. The molecule has 0 fully saturated rings. The molecule has 2 aromatic rings. The van der Waals surface area contributed by atoms with Gasteiger partial charge in [-0.15, -0.1) is 0 Å². The minimum absolute atomic E-state index is 0.0176. The van der Waals surface area contributed by atoms with Crippen LogP contribution in [0.1, 0.15) is 69.4 Å². The van der Waals surface area contributed by atoms with Crippen molar-refractivity contribution in [2.75, 3.05) is 11.9 Å². The van der Waals surface area contributed by atoms with E-state index >= 15 is 0 Å². The van der Waals surface area contributed by atoms with E-state index in [4.69, 9.17) is 0 Å². The van der Waals surface area contributed by atoms with Crippen LogP contribution in [0.25, 0.3) is 6.08 Å². The molecule has 0 aliphatic rings. The first-order valence-electron chi connectivity index (χ1n) is 13.2. The number of carboxylic acid groups (broad SMARTS) is 2. The number of carbonyl (C=O) groups excluding carboxylic acids is 2. The van der Waals surface area contributed by atoms with Gasteiger partial charge in [0.1, 0.15) is 12.6 Å². The molecule has 2 rings (SSSR count). The molecule has 0 spiro atoms. The fourth-order valence-electron chi connectivity index (χ4n) is 4.06. The molecule has 1 atom stereocenters. The minimum Gasteiger partial charge on any atom is -0.480 e. The monoisotopic (exact) mass is 522 g/mol. The van der Waals surface area contributed by atoms with Gasteiger partial charge in [0.25, 0.3) is 0 Å². The number of carbonyl (C=O) groups is 4. The quantitative estimate of drug-likeness (QED) is 0.189. The standard InChI is InChI=1S/C30H38N2O6/c1-2-3-4-5-6-7-11-14-27(33)31-25-18-15-23(16-19-25)17-20-28(34)32(22-29(35)36)26(30(37)38)21-24-12-9-8-10-13-24/h8-10,12-13,15-20,26H,2-7,11,14,21-22H2,1H3,(H,31,33)(H,35,36)(H,37,38)/b20-17+. The van der Waals surface area contributed by atoms with Gasteiger partial charge in [-0.3, -0.25) is 14.4 Å². The van der Waals surface area contributed by atoms with Crippen LogP contribution in [0.15, 0.2) is 60.7 Å². The van der Waals surface area contributed by atoms with Crippen molar-refractivity contribution in [3.8, 4) is 0 Å². The molecule has 8 heteroatoms. The van der Waals surface area contributed by atoms with E-state index in [0.29, 0.717) is 23.2 Å². The summed E-state index contributed by atoms with van der Waals surface area (Å²) in [5, 5.41) is 21.9. The first-order chi connectivity index (χ1) is 18.3. The molecule has 0 bridgehead atoms. The number of anilines is 1. The van der Waals surface area contributed by atoms with E-state index in [1.54, 1.807) is 54.6 Å². The van der Waals surface area contributed by atoms with Crippen molar-refractivity contribution in [2.45, 2.75) is 70.8 Å². The molecule has 38 heavy (non-hydrogen) atoms. The zero-order chi connectivity index (χ0) is 27.8. The van der Waals surface area contributed by atoms with Crippen LogP contribution in [0.4, 0.5) is 5.69 Å².